The molecule has 1 aliphatic heterocycles. The van der Waals surface area contributed by atoms with Gasteiger partial charge in [-0.05, 0) is 57.1 Å². The lowest BCUT2D eigenvalue weighted by Crippen LogP contribution is -2.42. The van der Waals surface area contributed by atoms with Crippen molar-refractivity contribution in [2.24, 2.45) is 11.8 Å². The van der Waals surface area contributed by atoms with Crippen molar-refractivity contribution in [3.8, 4) is 5.75 Å². The van der Waals surface area contributed by atoms with Crippen LogP contribution in [0.4, 0.5) is 11.8 Å². The van der Waals surface area contributed by atoms with Crippen molar-refractivity contribution in [2.75, 3.05) is 23.7 Å². The Balaban J connectivity index is 1.49. The highest BCUT2D eigenvalue weighted by Crippen LogP contribution is 2.40. The van der Waals surface area contributed by atoms with Gasteiger partial charge in [0.05, 0.1) is 11.8 Å². The number of nitrogen functional groups attached to an aromatic ring is 1. The van der Waals surface area contributed by atoms with Crippen LogP contribution < -0.4 is 15.4 Å². The highest BCUT2D eigenvalue weighted by Gasteiger charge is 2.43. The van der Waals surface area contributed by atoms with Crippen molar-refractivity contribution in [1.82, 2.24) is 15.0 Å². The van der Waals surface area contributed by atoms with Crippen LogP contribution in [0.25, 0.3) is 0 Å². The largest absolute Gasteiger partial charge is 0.486 e. The molecule has 1 aliphatic carbocycles. The molecular formula is C21H29N5O2. The predicted molar refractivity (Wildman–Crippen MR) is 108 cm³/mol. The van der Waals surface area contributed by atoms with Crippen molar-refractivity contribution in [2.45, 2.75) is 52.2 Å². The summed E-state index contributed by atoms with van der Waals surface area (Å²) in [5.74, 6) is 2.92. The van der Waals surface area contributed by atoms with Gasteiger partial charge in [0.1, 0.15) is 17.7 Å². The van der Waals surface area contributed by atoms with E-state index in [9.17, 15) is 5.11 Å². The maximum absolute atomic E-state index is 10.7. The number of aliphatic hydroxyl groups excluding tert-OH is 1. The number of anilines is 2. The van der Waals surface area contributed by atoms with Crippen LogP contribution in [0.15, 0.2) is 18.3 Å². The van der Waals surface area contributed by atoms with Crippen LogP contribution in [-0.2, 0) is 6.42 Å². The molecule has 0 spiro atoms. The van der Waals surface area contributed by atoms with Crippen molar-refractivity contribution >= 4 is 11.8 Å². The standard InChI is InChI=1S/C21H29N5O2/c1-4-14-9-23-21(22)25-20(14)26-10-15-7-17(27)19(8-16(15)11-26)28-18-6-5-12(2)24-13(18)3/h5-6,9,15-17,19,27H,4,7-8,10-11H2,1-3H3,(H2,22,23,25)/t15-,16+,17+,19+/m0/s1. The Hall–Kier alpha value is -2.41. The maximum Gasteiger partial charge on any atom is 0.221 e. The highest BCUT2D eigenvalue weighted by atomic mass is 16.5. The van der Waals surface area contributed by atoms with E-state index in [2.05, 4.69) is 26.8 Å². The fourth-order valence-electron chi connectivity index (χ4n) is 4.59. The Morgan fingerprint density at radius 2 is 1.93 bits per heavy atom. The van der Waals surface area contributed by atoms with E-state index in [4.69, 9.17) is 10.5 Å². The van der Waals surface area contributed by atoms with Crippen molar-refractivity contribution in [3.05, 3.63) is 35.3 Å². The second-order valence-corrected chi connectivity index (χ2v) is 8.09. The molecule has 0 aromatic carbocycles. The molecule has 1 saturated heterocycles. The molecule has 4 atom stereocenters. The first-order chi connectivity index (χ1) is 13.4. The van der Waals surface area contributed by atoms with Crippen LogP contribution >= 0.6 is 0 Å². The van der Waals surface area contributed by atoms with Gasteiger partial charge in [-0.1, -0.05) is 6.92 Å². The Bertz CT molecular complexity index is 859. The predicted octanol–water partition coefficient (Wildman–Crippen LogP) is 2.29. The maximum atomic E-state index is 10.7. The van der Waals surface area contributed by atoms with Gasteiger partial charge in [0, 0.05) is 30.5 Å². The van der Waals surface area contributed by atoms with Gasteiger partial charge in [-0.15, -0.1) is 0 Å². The van der Waals surface area contributed by atoms with Crippen molar-refractivity contribution in [1.29, 1.82) is 0 Å². The van der Waals surface area contributed by atoms with E-state index >= 15 is 0 Å². The van der Waals surface area contributed by atoms with Gasteiger partial charge in [0.15, 0.2) is 0 Å². The second-order valence-electron chi connectivity index (χ2n) is 8.09. The number of aromatic nitrogens is 3. The molecule has 7 heteroatoms. The smallest absolute Gasteiger partial charge is 0.221 e. The average Bonchev–Trinajstić information content (AvgIpc) is 3.06. The van der Waals surface area contributed by atoms with Gasteiger partial charge < -0.3 is 20.5 Å². The second kappa shape index (κ2) is 7.54. The molecule has 0 bridgehead atoms. The SMILES string of the molecule is CCc1cnc(N)nc1N1C[C@H]2C[C@@H](Oc3ccc(C)nc3C)[C@H](O)C[C@H]2C1. The fourth-order valence-corrected chi connectivity index (χ4v) is 4.59. The third-order valence-electron chi connectivity index (χ3n) is 6.08. The summed E-state index contributed by atoms with van der Waals surface area (Å²) in [6, 6.07) is 3.90. The third-order valence-corrected chi connectivity index (χ3v) is 6.08. The molecule has 2 aliphatic rings. The van der Waals surface area contributed by atoms with E-state index in [0.29, 0.717) is 17.8 Å². The molecule has 3 N–H and O–H groups in total. The van der Waals surface area contributed by atoms with E-state index in [-0.39, 0.29) is 6.10 Å². The minimum absolute atomic E-state index is 0.203. The number of hydrogen-bond donors (Lipinski definition) is 2. The summed E-state index contributed by atoms with van der Waals surface area (Å²) in [5, 5.41) is 10.7. The lowest BCUT2D eigenvalue weighted by atomic mass is 9.78. The van der Waals surface area contributed by atoms with Gasteiger partial charge in [0.25, 0.3) is 0 Å². The molecule has 4 rings (SSSR count). The molecule has 150 valence electrons. The number of nitrogens with zero attached hydrogens (tertiary/aromatic N) is 4. The van der Waals surface area contributed by atoms with Crippen LogP contribution in [0.2, 0.25) is 0 Å². The minimum atomic E-state index is -0.469. The third kappa shape index (κ3) is 3.63. The number of ether oxygens (including phenoxy) is 1. The van der Waals surface area contributed by atoms with Gasteiger partial charge >= 0.3 is 0 Å². The zero-order chi connectivity index (χ0) is 19.8. The monoisotopic (exact) mass is 383 g/mol. The number of aliphatic hydroxyl groups is 1. The van der Waals surface area contributed by atoms with E-state index < -0.39 is 6.10 Å². The molecule has 0 amide bonds. The van der Waals surface area contributed by atoms with Gasteiger partial charge in [-0.25, -0.2) is 4.98 Å². The normalized spacial score (nSPS) is 26.9. The van der Waals surface area contributed by atoms with Crippen molar-refractivity contribution < 1.29 is 9.84 Å². The quantitative estimate of drug-likeness (QED) is 0.836. The molecule has 3 heterocycles. The zero-order valence-electron chi connectivity index (χ0n) is 16.8. The Kier molecular flexibility index (Phi) is 5.10. The Morgan fingerprint density at radius 1 is 1.18 bits per heavy atom. The highest BCUT2D eigenvalue weighted by molar-refractivity contribution is 5.50. The minimum Gasteiger partial charge on any atom is -0.486 e. The molecule has 1 saturated carbocycles. The van der Waals surface area contributed by atoms with E-state index in [0.717, 1.165) is 60.9 Å². The summed E-state index contributed by atoms with van der Waals surface area (Å²) in [6.45, 7) is 7.82. The first kappa shape index (κ1) is 18.9. The molecule has 7 nitrogen and oxygen atoms in total. The summed E-state index contributed by atoms with van der Waals surface area (Å²) >= 11 is 0. The Morgan fingerprint density at radius 3 is 2.64 bits per heavy atom. The van der Waals surface area contributed by atoms with E-state index in [1.165, 1.54) is 0 Å². The summed E-state index contributed by atoms with van der Waals surface area (Å²) in [5.41, 5.74) is 8.79. The van der Waals surface area contributed by atoms with Crippen LogP contribution in [0.1, 0.15) is 36.7 Å². The number of hydrogen-bond acceptors (Lipinski definition) is 7. The summed E-state index contributed by atoms with van der Waals surface area (Å²) in [7, 11) is 0. The number of pyridine rings is 1. The topological polar surface area (TPSA) is 97.4 Å². The molecule has 0 radical (unpaired) electrons. The van der Waals surface area contributed by atoms with Gasteiger partial charge in [-0.2, -0.15) is 4.98 Å². The van der Waals surface area contributed by atoms with Gasteiger partial charge in [0.2, 0.25) is 5.95 Å². The number of rotatable bonds is 4. The fraction of sp³-hybridized carbons (Fsp3) is 0.571. The van der Waals surface area contributed by atoms with E-state index in [1.54, 1.807) is 0 Å². The van der Waals surface area contributed by atoms with Gasteiger partial charge in [-0.3, -0.25) is 4.98 Å². The van der Waals surface area contributed by atoms with Crippen LogP contribution in [-0.4, -0.2) is 45.4 Å². The van der Waals surface area contributed by atoms with Crippen LogP contribution in [0.5, 0.6) is 5.75 Å². The van der Waals surface area contributed by atoms with Crippen molar-refractivity contribution in [3.63, 3.8) is 0 Å². The summed E-state index contributed by atoms with van der Waals surface area (Å²) < 4.78 is 6.19. The van der Waals surface area contributed by atoms with E-state index in [1.807, 2.05) is 32.2 Å². The average molecular weight is 383 g/mol. The first-order valence-corrected chi connectivity index (χ1v) is 10.1. The molecule has 2 aromatic heterocycles. The number of nitrogens with two attached hydrogens (primary N) is 1. The molecular weight excluding hydrogens is 354 g/mol. The molecule has 28 heavy (non-hydrogen) atoms. The summed E-state index contributed by atoms with van der Waals surface area (Å²) in [4.78, 5) is 15.4. The molecule has 2 fully saturated rings. The lowest BCUT2D eigenvalue weighted by Gasteiger charge is -2.35. The zero-order valence-corrected chi connectivity index (χ0v) is 16.8. The number of fused-ring (bicyclic) bond motifs is 1. The van der Waals surface area contributed by atoms with Crippen LogP contribution in [0, 0.1) is 25.7 Å². The first-order valence-electron chi connectivity index (χ1n) is 10.1. The van der Waals surface area contributed by atoms with Crippen LogP contribution in [0.3, 0.4) is 0 Å². The number of aryl methyl sites for hydroxylation is 3. The lowest BCUT2D eigenvalue weighted by molar-refractivity contribution is -0.0236. The molecule has 0 unspecified atom stereocenters. The summed E-state index contributed by atoms with van der Waals surface area (Å²) in [6.07, 6.45) is 3.60. The Labute approximate surface area is 166 Å². The molecule has 2 aromatic rings.